The van der Waals surface area contributed by atoms with Crippen molar-refractivity contribution in [3.05, 3.63) is 96.6 Å². The monoisotopic (exact) mass is 396 g/mol. The summed E-state index contributed by atoms with van der Waals surface area (Å²) in [6.07, 6.45) is -4.34. The van der Waals surface area contributed by atoms with Crippen LogP contribution in [-0.2, 0) is 6.18 Å². The first-order chi connectivity index (χ1) is 14.5. The Labute approximate surface area is 170 Å². The molecule has 0 amide bonds. The van der Waals surface area contributed by atoms with Crippen LogP contribution in [0.3, 0.4) is 0 Å². The lowest BCUT2D eigenvalue weighted by atomic mass is 9.93. The molecule has 0 aliphatic rings. The van der Waals surface area contributed by atoms with Crippen molar-refractivity contribution < 1.29 is 13.2 Å². The van der Waals surface area contributed by atoms with Crippen LogP contribution in [0, 0.1) is 0 Å². The van der Waals surface area contributed by atoms with Gasteiger partial charge in [0.2, 0.25) is 0 Å². The minimum atomic E-state index is -4.34. The summed E-state index contributed by atoms with van der Waals surface area (Å²) in [5, 5.41) is 10.4. The van der Waals surface area contributed by atoms with Gasteiger partial charge in [0.1, 0.15) is 0 Å². The van der Waals surface area contributed by atoms with Gasteiger partial charge in [-0.2, -0.15) is 13.2 Å². The van der Waals surface area contributed by atoms with E-state index in [9.17, 15) is 13.2 Å². The number of benzene rings is 6. The van der Waals surface area contributed by atoms with Crippen LogP contribution >= 0.6 is 0 Å². The number of alkyl halides is 3. The number of hydrogen-bond donors (Lipinski definition) is 0. The summed E-state index contributed by atoms with van der Waals surface area (Å²) in [5.41, 5.74) is -0.618. The first kappa shape index (κ1) is 17.3. The van der Waals surface area contributed by atoms with Crippen molar-refractivity contribution in [3.63, 3.8) is 0 Å². The summed E-state index contributed by atoms with van der Waals surface area (Å²) >= 11 is 0. The Morgan fingerprint density at radius 1 is 0.400 bits per heavy atom. The van der Waals surface area contributed by atoms with Crippen molar-refractivity contribution in [2.45, 2.75) is 6.18 Å². The maximum absolute atomic E-state index is 13.1. The lowest BCUT2D eigenvalue weighted by molar-refractivity contribution is -0.137. The molecule has 0 bridgehead atoms. The highest BCUT2D eigenvalue weighted by atomic mass is 19.4. The Kier molecular flexibility index (Phi) is 3.43. The van der Waals surface area contributed by atoms with E-state index in [4.69, 9.17) is 0 Å². The molecule has 0 atom stereocenters. The highest BCUT2D eigenvalue weighted by Crippen LogP contribution is 2.37. The lowest BCUT2D eigenvalue weighted by Crippen LogP contribution is -2.04. The maximum Gasteiger partial charge on any atom is 0.416 e. The standard InChI is InChI=1S/C27H15F3/c28-27(29,30)22-8-5-18-15-26-20(12-21(18)13-22)7-10-23-24(26)9-6-19-11-16-3-1-2-4-17(16)14-25(19)23/h1-15H. The van der Waals surface area contributed by atoms with Crippen LogP contribution < -0.4 is 0 Å². The Bertz CT molecular complexity index is 1620. The van der Waals surface area contributed by atoms with E-state index in [1.165, 1.54) is 27.6 Å². The summed E-state index contributed by atoms with van der Waals surface area (Å²) in [6.45, 7) is 0. The van der Waals surface area contributed by atoms with Crippen molar-refractivity contribution in [2.24, 2.45) is 0 Å². The van der Waals surface area contributed by atoms with E-state index in [0.717, 1.165) is 33.0 Å². The number of fused-ring (bicyclic) bond motifs is 7. The van der Waals surface area contributed by atoms with Gasteiger partial charge in [-0.15, -0.1) is 0 Å². The van der Waals surface area contributed by atoms with Crippen LogP contribution in [0.25, 0.3) is 53.9 Å². The molecule has 0 radical (unpaired) electrons. The van der Waals surface area contributed by atoms with Gasteiger partial charge in [0.05, 0.1) is 5.56 Å². The molecular formula is C27H15F3. The molecule has 0 nitrogen and oxygen atoms in total. The zero-order valence-corrected chi connectivity index (χ0v) is 15.8. The molecule has 0 aliphatic heterocycles. The van der Waals surface area contributed by atoms with Crippen molar-refractivity contribution in [2.75, 3.05) is 0 Å². The third-order valence-corrected chi connectivity index (χ3v) is 5.98. The Morgan fingerprint density at radius 2 is 0.900 bits per heavy atom. The number of rotatable bonds is 0. The van der Waals surface area contributed by atoms with Gasteiger partial charge in [0, 0.05) is 0 Å². The minimum absolute atomic E-state index is 0.600. The van der Waals surface area contributed by atoms with E-state index in [1.807, 2.05) is 30.3 Å². The molecule has 30 heavy (non-hydrogen) atoms. The van der Waals surface area contributed by atoms with Crippen LogP contribution in [0.5, 0.6) is 0 Å². The van der Waals surface area contributed by atoms with Gasteiger partial charge in [-0.25, -0.2) is 0 Å². The molecule has 0 heterocycles. The normalized spacial score (nSPS) is 12.5. The largest absolute Gasteiger partial charge is 0.416 e. The molecule has 0 aromatic heterocycles. The van der Waals surface area contributed by atoms with Crippen LogP contribution in [0.4, 0.5) is 13.2 Å². The van der Waals surface area contributed by atoms with Crippen LogP contribution in [0.15, 0.2) is 91.0 Å². The van der Waals surface area contributed by atoms with Gasteiger partial charge in [-0.05, 0) is 90.3 Å². The average molecular weight is 396 g/mol. The Morgan fingerprint density at radius 3 is 1.50 bits per heavy atom. The van der Waals surface area contributed by atoms with E-state index in [0.29, 0.717) is 5.39 Å². The molecule has 0 unspecified atom stereocenters. The van der Waals surface area contributed by atoms with Crippen molar-refractivity contribution in [1.82, 2.24) is 0 Å². The predicted octanol–water partition coefficient (Wildman–Crippen LogP) is 8.47. The summed E-state index contributed by atoms with van der Waals surface area (Å²) in [6, 6.07) is 28.8. The molecule has 144 valence electrons. The molecule has 0 N–H and O–H groups in total. The molecule has 6 rings (SSSR count). The third-order valence-electron chi connectivity index (χ3n) is 5.98. The second kappa shape index (κ2) is 5.96. The van der Waals surface area contributed by atoms with Gasteiger partial charge in [-0.1, -0.05) is 54.6 Å². The summed E-state index contributed by atoms with van der Waals surface area (Å²) in [5.74, 6) is 0. The zero-order chi connectivity index (χ0) is 20.5. The Hall–Kier alpha value is -3.59. The molecular weight excluding hydrogens is 381 g/mol. The van der Waals surface area contributed by atoms with E-state index in [-0.39, 0.29) is 0 Å². The molecule has 0 aliphatic carbocycles. The summed E-state index contributed by atoms with van der Waals surface area (Å²) < 4.78 is 39.3. The van der Waals surface area contributed by atoms with Gasteiger partial charge in [-0.3, -0.25) is 0 Å². The minimum Gasteiger partial charge on any atom is -0.166 e. The quantitative estimate of drug-likeness (QED) is 0.178. The molecule has 0 fully saturated rings. The second-order valence-corrected chi connectivity index (χ2v) is 7.78. The lowest BCUT2D eigenvalue weighted by Gasteiger charge is -2.12. The molecule has 0 saturated heterocycles. The summed E-state index contributed by atoms with van der Waals surface area (Å²) in [7, 11) is 0. The van der Waals surface area contributed by atoms with Gasteiger partial charge in [0.15, 0.2) is 0 Å². The van der Waals surface area contributed by atoms with Gasteiger partial charge >= 0.3 is 6.18 Å². The van der Waals surface area contributed by atoms with Crippen molar-refractivity contribution in [1.29, 1.82) is 0 Å². The van der Waals surface area contributed by atoms with E-state index >= 15 is 0 Å². The fourth-order valence-corrected chi connectivity index (χ4v) is 4.49. The summed E-state index contributed by atoms with van der Waals surface area (Å²) in [4.78, 5) is 0. The van der Waals surface area contributed by atoms with Gasteiger partial charge in [0.25, 0.3) is 0 Å². The first-order valence-electron chi connectivity index (χ1n) is 9.76. The molecule has 6 aromatic carbocycles. The zero-order valence-electron chi connectivity index (χ0n) is 15.8. The van der Waals surface area contributed by atoms with Crippen LogP contribution in [0.2, 0.25) is 0 Å². The Balaban J connectivity index is 1.68. The van der Waals surface area contributed by atoms with E-state index in [1.54, 1.807) is 6.07 Å². The molecule has 0 spiro atoms. The number of halogens is 3. The molecule has 0 saturated carbocycles. The molecule has 3 heteroatoms. The fraction of sp³-hybridized carbons (Fsp3) is 0.0370. The predicted molar refractivity (Wildman–Crippen MR) is 119 cm³/mol. The van der Waals surface area contributed by atoms with E-state index in [2.05, 4.69) is 42.5 Å². The second-order valence-electron chi connectivity index (χ2n) is 7.78. The smallest absolute Gasteiger partial charge is 0.166 e. The first-order valence-corrected chi connectivity index (χ1v) is 9.76. The maximum atomic E-state index is 13.1. The average Bonchev–Trinajstić information content (AvgIpc) is 2.75. The highest BCUT2D eigenvalue weighted by molar-refractivity contribution is 6.20. The molecule has 6 aromatic rings. The SMILES string of the molecule is FC(F)(F)c1ccc2cc3c(ccc4c5cc6ccccc6cc5ccc34)cc2c1. The van der Waals surface area contributed by atoms with Gasteiger partial charge < -0.3 is 0 Å². The fourth-order valence-electron chi connectivity index (χ4n) is 4.49. The highest BCUT2D eigenvalue weighted by Gasteiger charge is 2.30. The topological polar surface area (TPSA) is 0 Å². The number of hydrogen-bond acceptors (Lipinski definition) is 0. The third kappa shape index (κ3) is 2.55. The van der Waals surface area contributed by atoms with E-state index < -0.39 is 11.7 Å². The van der Waals surface area contributed by atoms with Crippen LogP contribution in [0.1, 0.15) is 5.56 Å². The van der Waals surface area contributed by atoms with Crippen LogP contribution in [-0.4, -0.2) is 0 Å². The van der Waals surface area contributed by atoms with Crippen molar-refractivity contribution in [3.8, 4) is 0 Å². The van der Waals surface area contributed by atoms with Crippen molar-refractivity contribution >= 4 is 53.9 Å².